The Hall–Kier alpha value is -1.75. The van der Waals surface area contributed by atoms with Crippen molar-refractivity contribution in [3.8, 4) is 11.5 Å². The van der Waals surface area contributed by atoms with Gasteiger partial charge < -0.3 is 19.5 Å². The number of methoxy groups -OCH3 is 1. The summed E-state index contributed by atoms with van der Waals surface area (Å²) in [6, 6.07) is 5.25. The van der Waals surface area contributed by atoms with Crippen LogP contribution in [-0.4, -0.2) is 31.8 Å². The molecule has 1 aromatic carbocycles. The Balaban J connectivity index is 2.68. The molecule has 0 saturated carbocycles. The second-order valence-corrected chi connectivity index (χ2v) is 5.25. The summed E-state index contributed by atoms with van der Waals surface area (Å²) in [6.07, 6.45) is 0. The summed E-state index contributed by atoms with van der Waals surface area (Å²) in [6.45, 7) is 8.14. The molecule has 0 spiro atoms. The van der Waals surface area contributed by atoms with Crippen molar-refractivity contribution in [1.29, 1.82) is 0 Å². The molecule has 1 amide bonds. The number of hydrogen-bond acceptors (Lipinski definition) is 4. The summed E-state index contributed by atoms with van der Waals surface area (Å²) in [5, 5.41) is 2.77. The first-order valence-electron chi connectivity index (χ1n) is 6.60. The highest BCUT2D eigenvalue weighted by Crippen LogP contribution is 2.30. The van der Waals surface area contributed by atoms with Gasteiger partial charge in [0.05, 0.1) is 19.3 Å². The van der Waals surface area contributed by atoms with Gasteiger partial charge in [-0.3, -0.25) is 4.79 Å². The number of ether oxygens (including phenoxy) is 3. The van der Waals surface area contributed by atoms with Crippen LogP contribution in [0.15, 0.2) is 18.2 Å². The fourth-order valence-electron chi connectivity index (χ4n) is 1.50. The molecule has 0 aromatic heterocycles. The minimum Gasteiger partial charge on any atom is -0.493 e. The third kappa shape index (κ3) is 5.48. The Morgan fingerprint density at radius 1 is 1.25 bits per heavy atom. The quantitative estimate of drug-likeness (QED) is 0.871. The van der Waals surface area contributed by atoms with Crippen LogP contribution in [0, 0.1) is 0 Å². The molecule has 0 fully saturated rings. The van der Waals surface area contributed by atoms with Gasteiger partial charge in [-0.2, -0.15) is 0 Å². The van der Waals surface area contributed by atoms with Gasteiger partial charge in [-0.05, 0) is 39.8 Å². The first kappa shape index (κ1) is 16.3. The van der Waals surface area contributed by atoms with E-state index >= 15 is 0 Å². The number of amides is 1. The van der Waals surface area contributed by atoms with Crippen molar-refractivity contribution in [2.75, 3.05) is 25.6 Å². The molecule has 0 aliphatic heterocycles. The lowest BCUT2D eigenvalue weighted by Crippen LogP contribution is -2.27. The maximum atomic E-state index is 11.8. The number of anilines is 1. The van der Waals surface area contributed by atoms with Crippen LogP contribution in [0.4, 0.5) is 5.69 Å². The van der Waals surface area contributed by atoms with Crippen LogP contribution in [0.1, 0.15) is 27.7 Å². The minimum atomic E-state index is -0.340. The molecule has 1 aromatic rings. The minimum absolute atomic E-state index is 0.0134. The molecule has 0 aliphatic carbocycles. The summed E-state index contributed by atoms with van der Waals surface area (Å²) in [5.41, 5.74) is 0.310. The predicted molar refractivity (Wildman–Crippen MR) is 78.5 cm³/mol. The largest absolute Gasteiger partial charge is 0.493 e. The van der Waals surface area contributed by atoms with E-state index in [1.165, 1.54) is 0 Å². The first-order chi connectivity index (χ1) is 9.35. The number of carbonyl (C=O) groups is 1. The van der Waals surface area contributed by atoms with Crippen molar-refractivity contribution in [1.82, 2.24) is 0 Å². The molecule has 1 N–H and O–H groups in total. The Labute approximate surface area is 120 Å². The average Bonchev–Trinajstić information content (AvgIpc) is 2.36. The number of rotatable bonds is 6. The SMILES string of the molecule is CCOc1cc(NC(=O)COC(C)(C)C)ccc1OC. The first-order valence-corrected chi connectivity index (χ1v) is 6.60. The van der Waals surface area contributed by atoms with Crippen LogP contribution in [0.5, 0.6) is 11.5 Å². The van der Waals surface area contributed by atoms with Gasteiger partial charge in [-0.25, -0.2) is 0 Å². The Kier molecular flexibility index (Phi) is 5.82. The van der Waals surface area contributed by atoms with Gasteiger partial charge in [0.2, 0.25) is 5.91 Å². The molecule has 1 rings (SSSR count). The molecule has 0 atom stereocenters. The van der Waals surface area contributed by atoms with Crippen LogP contribution in [0.25, 0.3) is 0 Å². The second-order valence-electron chi connectivity index (χ2n) is 5.25. The Morgan fingerprint density at radius 2 is 1.95 bits per heavy atom. The normalized spacial score (nSPS) is 11.1. The molecule has 0 aliphatic rings. The van der Waals surface area contributed by atoms with Crippen LogP contribution in [-0.2, 0) is 9.53 Å². The molecule has 0 saturated heterocycles. The van der Waals surface area contributed by atoms with E-state index in [0.29, 0.717) is 23.8 Å². The van der Waals surface area contributed by atoms with Crippen molar-refractivity contribution in [2.45, 2.75) is 33.3 Å². The van der Waals surface area contributed by atoms with Crippen molar-refractivity contribution < 1.29 is 19.0 Å². The maximum absolute atomic E-state index is 11.8. The average molecular weight is 281 g/mol. The Morgan fingerprint density at radius 3 is 2.50 bits per heavy atom. The second kappa shape index (κ2) is 7.14. The van der Waals surface area contributed by atoms with Gasteiger partial charge in [-0.1, -0.05) is 0 Å². The lowest BCUT2D eigenvalue weighted by atomic mass is 10.2. The summed E-state index contributed by atoms with van der Waals surface area (Å²) in [7, 11) is 1.58. The van der Waals surface area contributed by atoms with Crippen molar-refractivity contribution in [3.05, 3.63) is 18.2 Å². The number of hydrogen-bond donors (Lipinski definition) is 1. The maximum Gasteiger partial charge on any atom is 0.250 e. The standard InChI is InChI=1S/C15H23NO4/c1-6-19-13-9-11(7-8-12(13)18-5)16-14(17)10-20-15(2,3)4/h7-9H,6,10H2,1-5H3,(H,16,17). The monoisotopic (exact) mass is 281 g/mol. The molecule has 0 unspecified atom stereocenters. The number of carbonyl (C=O) groups excluding carboxylic acids is 1. The summed E-state index contributed by atoms with van der Waals surface area (Å²) in [5.74, 6) is 1.04. The van der Waals surface area contributed by atoms with E-state index in [1.807, 2.05) is 27.7 Å². The van der Waals surface area contributed by atoms with Gasteiger partial charge >= 0.3 is 0 Å². The summed E-state index contributed by atoms with van der Waals surface area (Å²) in [4.78, 5) is 11.8. The number of benzene rings is 1. The molecule has 0 heterocycles. The molecular formula is C15H23NO4. The van der Waals surface area contributed by atoms with Crippen molar-refractivity contribution in [2.24, 2.45) is 0 Å². The third-order valence-corrected chi connectivity index (χ3v) is 2.38. The molecule has 0 radical (unpaired) electrons. The molecule has 5 nitrogen and oxygen atoms in total. The van der Waals surface area contributed by atoms with E-state index in [2.05, 4.69) is 5.32 Å². The lowest BCUT2D eigenvalue weighted by molar-refractivity contribution is -0.125. The molecule has 112 valence electrons. The van der Waals surface area contributed by atoms with Crippen LogP contribution in [0.3, 0.4) is 0 Å². The highest BCUT2D eigenvalue weighted by Gasteiger charge is 2.13. The zero-order chi connectivity index (χ0) is 15.2. The third-order valence-electron chi connectivity index (χ3n) is 2.38. The highest BCUT2D eigenvalue weighted by atomic mass is 16.5. The van der Waals surface area contributed by atoms with Crippen LogP contribution >= 0.6 is 0 Å². The number of nitrogens with one attached hydrogen (secondary N) is 1. The molecule has 0 bridgehead atoms. The van der Waals surface area contributed by atoms with Crippen molar-refractivity contribution >= 4 is 11.6 Å². The van der Waals surface area contributed by atoms with Crippen LogP contribution in [0.2, 0.25) is 0 Å². The smallest absolute Gasteiger partial charge is 0.250 e. The van der Waals surface area contributed by atoms with E-state index in [4.69, 9.17) is 14.2 Å². The topological polar surface area (TPSA) is 56.8 Å². The van der Waals surface area contributed by atoms with E-state index < -0.39 is 0 Å². The summed E-state index contributed by atoms with van der Waals surface area (Å²) < 4.78 is 16.1. The van der Waals surface area contributed by atoms with Crippen LogP contribution < -0.4 is 14.8 Å². The lowest BCUT2D eigenvalue weighted by Gasteiger charge is -2.19. The molecule has 20 heavy (non-hydrogen) atoms. The Bertz CT molecular complexity index is 452. The fraction of sp³-hybridized carbons (Fsp3) is 0.533. The van der Waals surface area contributed by atoms with E-state index in [9.17, 15) is 4.79 Å². The molecule has 5 heteroatoms. The van der Waals surface area contributed by atoms with E-state index in [1.54, 1.807) is 25.3 Å². The highest BCUT2D eigenvalue weighted by molar-refractivity contribution is 5.92. The van der Waals surface area contributed by atoms with Gasteiger partial charge in [0.25, 0.3) is 0 Å². The van der Waals surface area contributed by atoms with Gasteiger partial charge in [0.15, 0.2) is 11.5 Å². The predicted octanol–water partition coefficient (Wildman–Crippen LogP) is 2.85. The van der Waals surface area contributed by atoms with E-state index in [0.717, 1.165) is 0 Å². The van der Waals surface area contributed by atoms with Crippen molar-refractivity contribution in [3.63, 3.8) is 0 Å². The van der Waals surface area contributed by atoms with Gasteiger partial charge in [0.1, 0.15) is 6.61 Å². The zero-order valence-electron chi connectivity index (χ0n) is 12.8. The van der Waals surface area contributed by atoms with Gasteiger partial charge in [-0.15, -0.1) is 0 Å². The van der Waals surface area contributed by atoms with E-state index in [-0.39, 0.29) is 18.1 Å². The zero-order valence-corrected chi connectivity index (χ0v) is 12.8. The molecular weight excluding hydrogens is 258 g/mol. The fourth-order valence-corrected chi connectivity index (χ4v) is 1.50. The summed E-state index contributed by atoms with van der Waals surface area (Å²) >= 11 is 0. The van der Waals surface area contributed by atoms with Gasteiger partial charge in [0, 0.05) is 11.8 Å².